The third-order valence-electron chi connectivity index (χ3n) is 11.8. The minimum atomic E-state index is -0.972. The molecule has 63 heavy (non-hydrogen) atoms. The topological polar surface area (TPSA) is 132 Å². The Balaban J connectivity index is 1.64. The van der Waals surface area contributed by atoms with E-state index in [1.807, 2.05) is 35.2 Å². The van der Waals surface area contributed by atoms with Crippen molar-refractivity contribution in [1.82, 2.24) is 20.2 Å². The minimum Gasteiger partial charge on any atom is -0.462 e. The molecule has 1 aromatic heterocycles. The molecule has 2 rings (SSSR count). The summed E-state index contributed by atoms with van der Waals surface area (Å²) in [5, 5.41) is 2.61. The number of nitrogens with zero attached hydrogens (tertiary/aromatic N) is 2. The van der Waals surface area contributed by atoms with E-state index >= 15 is 0 Å². The first-order valence-electron chi connectivity index (χ1n) is 25.6. The van der Waals surface area contributed by atoms with Crippen LogP contribution in [0.1, 0.15) is 205 Å². The van der Waals surface area contributed by atoms with Gasteiger partial charge in [-0.1, -0.05) is 211 Å². The molecule has 11 heteroatoms. The number of rotatable bonds is 44. The Morgan fingerprint density at radius 3 is 1.52 bits per heavy atom. The van der Waals surface area contributed by atoms with Crippen LogP contribution in [0.15, 0.2) is 42.9 Å². The van der Waals surface area contributed by atoms with Crippen LogP contribution in [-0.4, -0.2) is 85.0 Å². The number of H-pyrrole nitrogens is 1. The van der Waals surface area contributed by atoms with Crippen molar-refractivity contribution < 1.29 is 33.3 Å². The zero-order chi connectivity index (χ0) is 45.1. The normalized spacial score (nSPS) is 11.7. The van der Waals surface area contributed by atoms with Gasteiger partial charge in [-0.25, -0.2) is 14.6 Å². The Bertz CT molecular complexity index is 1300. The Labute approximate surface area is 383 Å². The fourth-order valence-electron chi connectivity index (χ4n) is 7.84. The Kier molecular flexibility index (Phi) is 36.5. The Morgan fingerprint density at radius 2 is 1.05 bits per heavy atom. The quantitative estimate of drug-likeness (QED) is 0.0497. The molecule has 2 aromatic rings. The van der Waals surface area contributed by atoms with Crippen molar-refractivity contribution in [2.45, 2.75) is 213 Å². The van der Waals surface area contributed by atoms with Gasteiger partial charge < -0.3 is 34.1 Å². The monoisotopic (exact) mass is 883 g/mol. The molecule has 0 bridgehead atoms. The lowest BCUT2D eigenvalue weighted by atomic mass is 10.0. The highest BCUT2D eigenvalue weighted by Gasteiger charge is 2.24. The third kappa shape index (κ3) is 32.8. The standard InChI is InChI=1S/C52H90N4O7/c1-3-5-7-9-11-13-15-17-19-21-23-25-27-32-36-56(37-33-28-26-24-22-20-18-16-14-12-10-8-6-4-2)50(57)45-61-39-38-60-40-41-62-51(58)49(42-48-43-53-46-54-48)55-52(59)63-44-47-34-30-29-31-35-47/h29-31,34-35,43,46,49H,3-28,32-33,36-42,44-45H2,1-2H3,(H,53,54)(H,55,59). The SMILES string of the molecule is CCCCCCCCCCCCCCCCN(CCCCCCCCCCCCCCCC)C(=O)COCCOCCOC(=O)C(Cc1cnc[nH]1)NC(=O)OCc1ccccc1. The zero-order valence-electron chi connectivity index (χ0n) is 40.0. The van der Waals surface area contributed by atoms with Crippen molar-refractivity contribution in [3.8, 4) is 0 Å². The maximum Gasteiger partial charge on any atom is 0.408 e. The summed E-state index contributed by atoms with van der Waals surface area (Å²) in [6.45, 7) is 6.95. The van der Waals surface area contributed by atoms with Crippen LogP contribution < -0.4 is 5.32 Å². The molecule has 360 valence electrons. The number of amides is 2. The van der Waals surface area contributed by atoms with E-state index < -0.39 is 18.1 Å². The van der Waals surface area contributed by atoms with Crippen LogP contribution in [0.25, 0.3) is 0 Å². The molecule has 0 aliphatic rings. The molecule has 11 nitrogen and oxygen atoms in total. The summed E-state index contributed by atoms with van der Waals surface area (Å²) in [5.41, 5.74) is 1.50. The average Bonchev–Trinajstić information content (AvgIpc) is 3.82. The number of nitrogens with one attached hydrogen (secondary N) is 2. The zero-order valence-corrected chi connectivity index (χ0v) is 40.0. The molecular weight excluding hydrogens is 793 g/mol. The van der Waals surface area contributed by atoms with Crippen LogP contribution >= 0.6 is 0 Å². The Hall–Kier alpha value is -3.44. The van der Waals surface area contributed by atoms with Crippen molar-refractivity contribution in [3.63, 3.8) is 0 Å². The molecular formula is C52H90N4O7. The van der Waals surface area contributed by atoms with Gasteiger partial charge in [0.2, 0.25) is 5.91 Å². The molecule has 0 saturated carbocycles. The first-order chi connectivity index (χ1) is 31.0. The smallest absolute Gasteiger partial charge is 0.408 e. The first kappa shape index (κ1) is 55.7. The fourth-order valence-corrected chi connectivity index (χ4v) is 7.84. The number of imidazole rings is 1. The van der Waals surface area contributed by atoms with Crippen LogP contribution in [0.5, 0.6) is 0 Å². The molecule has 1 atom stereocenters. The van der Waals surface area contributed by atoms with Crippen LogP contribution in [0.4, 0.5) is 4.79 Å². The van der Waals surface area contributed by atoms with Gasteiger partial charge in [0, 0.05) is 31.4 Å². The van der Waals surface area contributed by atoms with E-state index in [4.69, 9.17) is 18.9 Å². The molecule has 1 aromatic carbocycles. The summed E-state index contributed by atoms with van der Waals surface area (Å²) in [7, 11) is 0. The number of esters is 1. The summed E-state index contributed by atoms with van der Waals surface area (Å²) in [6, 6.07) is 8.34. The predicted molar refractivity (Wildman–Crippen MR) is 256 cm³/mol. The highest BCUT2D eigenvalue weighted by Crippen LogP contribution is 2.15. The van der Waals surface area contributed by atoms with Gasteiger partial charge in [-0.2, -0.15) is 0 Å². The third-order valence-corrected chi connectivity index (χ3v) is 11.8. The summed E-state index contributed by atoms with van der Waals surface area (Å²) in [6.07, 6.45) is 39.5. The average molecular weight is 883 g/mol. The molecule has 1 heterocycles. The number of aromatic amines is 1. The minimum absolute atomic E-state index is 0.00412. The molecule has 0 spiro atoms. The van der Waals surface area contributed by atoms with E-state index in [0.29, 0.717) is 5.69 Å². The number of hydrogen-bond donors (Lipinski definition) is 2. The van der Waals surface area contributed by atoms with Crippen molar-refractivity contribution in [2.24, 2.45) is 0 Å². The van der Waals surface area contributed by atoms with Gasteiger partial charge in [0.25, 0.3) is 0 Å². The number of carbonyl (C=O) groups excluding carboxylic acids is 3. The predicted octanol–water partition coefficient (Wildman–Crippen LogP) is 12.6. The summed E-state index contributed by atoms with van der Waals surface area (Å²) in [5.74, 6) is -0.559. The van der Waals surface area contributed by atoms with Gasteiger partial charge in [-0.05, 0) is 18.4 Å². The number of unbranched alkanes of at least 4 members (excludes halogenated alkanes) is 26. The van der Waals surface area contributed by atoms with E-state index in [-0.39, 0.29) is 52.0 Å². The second kappa shape index (κ2) is 41.3. The molecule has 0 aliphatic heterocycles. The molecule has 0 saturated heterocycles. The van der Waals surface area contributed by atoms with Crippen LogP contribution in [0.3, 0.4) is 0 Å². The number of benzene rings is 1. The van der Waals surface area contributed by atoms with E-state index in [1.165, 1.54) is 160 Å². The second-order valence-corrected chi connectivity index (χ2v) is 17.4. The lowest BCUT2D eigenvalue weighted by Crippen LogP contribution is -2.44. The van der Waals surface area contributed by atoms with E-state index in [2.05, 4.69) is 29.1 Å². The number of ether oxygens (including phenoxy) is 4. The van der Waals surface area contributed by atoms with Gasteiger partial charge in [-0.15, -0.1) is 0 Å². The highest BCUT2D eigenvalue weighted by molar-refractivity contribution is 5.81. The van der Waals surface area contributed by atoms with Crippen molar-refractivity contribution in [3.05, 3.63) is 54.1 Å². The maximum absolute atomic E-state index is 13.3. The van der Waals surface area contributed by atoms with E-state index in [0.717, 1.165) is 44.3 Å². The van der Waals surface area contributed by atoms with Crippen LogP contribution in [0, 0.1) is 0 Å². The van der Waals surface area contributed by atoms with Gasteiger partial charge in [0.05, 0.1) is 26.1 Å². The highest BCUT2D eigenvalue weighted by atomic mass is 16.6. The van der Waals surface area contributed by atoms with Crippen molar-refractivity contribution >= 4 is 18.0 Å². The van der Waals surface area contributed by atoms with E-state index in [9.17, 15) is 14.4 Å². The van der Waals surface area contributed by atoms with Gasteiger partial charge >= 0.3 is 12.1 Å². The summed E-state index contributed by atoms with van der Waals surface area (Å²) in [4.78, 5) is 47.7. The summed E-state index contributed by atoms with van der Waals surface area (Å²) < 4.78 is 22.1. The maximum atomic E-state index is 13.3. The van der Waals surface area contributed by atoms with Crippen molar-refractivity contribution in [1.29, 1.82) is 0 Å². The molecule has 1 unspecified atom stereocenters. The fraction of sp³-hybridized carbons (Fsp3) is 0.769. The lowest BCUT2D eigenvalue weighted by molar-refractivity contribution is -0.148. The first-order valence-corrected chi connectivity index (χ1v) is 25.6. The molecule has 2 N–H and O–H groups in total. The van der Waals surface area contributed by atoms with Gasteiger partial charge in [-0.3, -0.25) is 4.79 Å². The lowest BCUT2D eigenvalue weighted by Gasteiger charge is -2.23. The van der Waals surface area contributed by atoms with E-state index in [1.54, 1.807) is 6.20 Å². The molecule has 0 aliphatic carbocycles. The largest absolute Gasteiger partial charge is 0.462 e. The Morgan fingerprint density at radius 1 is 0.587 bits per heavy atom. The van der Waals surface area contributed by atoms with Crippen LogP contribution in [-0.2, 0) is 41.6 Å². The number of aromatic nitrogens is 2. The number of hydrogen-bond acceptors (Lipinski definition) is 8. The van der Waals surface area contributed by atoms with Crippen molar-refractivity contribution in [2.75, 3.05) is 46.1 Å². The second-order valence-electron chi connectivity index (χ2n) is 17.4. The molecule has 2 amide bonds. The molecule has 0 radical (unpaired) electrons. The summed E-state index contributed by atoms with van der Waals surface area (Å²) >= 11 is 0. The van der Waals surface area contributed by atoms with Crippen LogP contribution in [0.2, 0.25) is 0 Å². The van der Waals surface area contributed by atoms with Gasteiger partial charge in [0.15, 0.2) is 0 Å². The van der Waals surface area contributed by atoms with Gasteiger partial charge in [0.1, 0.15) is 25.9 Å². The number of carbonyl (C=O) groups is 3. The molecule has 0 fully saturated rings. The number of alkyl carbamates (subject to hydrolysis) is 1.